The van der Waals surface area contributed by atoms with Crippen LogP contribution >= 0.6 is 15.9 Å². The fourth-order valence-electron chi connectivity index (χ4n) is 1.63. The molecule has 0 spiro atoms. The van der Waals surface area contributed by atoms with Crippen LogP contribution in [0.3, 0.4) is 0 Å². The molecule has 5 nitrogen and oxygen atoms in total. The Morgan fingerprint density at radius 2 is 2.40 bits per heavy atom. The molecule has 15 heavy (non-hydrogen) atoms. The number of nitrogens with zero attached hydrogens (tertiary/aromatic N) is 2. The molecular formula is C9H10BrN3O2. The smallest absolute Gasteiger partial charge is 0.291 e. The molecule has 1 saturated heterocycles. The van der Waals surface area contributed by atoms with Crippen molar-refractivity contribution >= 4 is 27.7 Å². The summed E-state index contributed by atoms with van der Waals surface area (Å²) in [6, 6.07) is 0. The first kappa shape index (κ1) is 10.4. The summed E-state index contributed by atoms with van der Waals surface area (Å²) in [5.41, 5.74) is -0.318. The van der Waals surface area contributed by atoms with Gasteiger partial charge in [0.2, 0.25) is 11.7 Å². The Hall–Kier alpha value is -1.17. The highest BCUT2D eigenvalue weighted by molar-refractivity contribution is 9.09. The zero-order valence-electron chi connectivity index (χ0n) is 7.94. The summed E-state index contributed by atoms with van der Waals surface area (Å²) in [7, 11) is 0. The molecule has 1 aliphatic rings. The summed E-state index contributed by atoms with van der Waals surface area (Å²) >= 11 is 3.34. The molecule has 80 valence electrons. The van der Waals surface area contributed by atoms with Crippen molar-refractivity contribution < 1.29 is 4.79 Å². The fourth-order valence-corrected chi connectivity index (χ4v) is 2.06. The van der Waals surface area contributed by atoms with Gasteiger partial charge in [-0.3, -0.25) is 14.5 Å². The number of halogens is 1. The van der Waals surface area contributed by atoms with Crippen LogP contribution in [0.2, 0.25) is 0 Å². The highest BCUT2D eigenvalue weighted by Crippen LogP contribution is 2.22. The van der Waals surface area contributed by atoms with Crippen LogP contribution in [-0.4, -0.2) is 27.7 Å². The first-order chi connectivity index (χ1) is 7.22. The Kier molecular flexibility index (Phi) is 2.86. The van der Waals surface area contributed by atoms with Crippen LogP contribution < -0.4 is 10.5 Å². The zero-order valence-corrected chi connectivity index (χ0v) is 9.53. The first-order valence-corrected chi connectivity index (χ1v) is 5.74. The number of hydrogen-bond acceptors (Lipinski definition) is 3. The van der Waals surface area contributed by atoms with Crippen molar-refractivity contribution in [1.29, 1.82) is 0 Å². The largest absolute Gasteiger partial charge is 0.324 e. The van der Waals surface area contributed by atoms with E-state index in [-0.39, 0.29) is 23.2 Å². The van der Waals surface area contributed by atoms with E-state index in [2.05, 4.69) is 25.9 Å². The summed E-state index contributed by atoms with van der Waals surface area (Å²) in [6.45, 7) is 0.560. The van der Waals surface area contributed by atoms with Crippen LogP contribution in [0, 0.1) is 5.92 Å². The highest BCUT2D eigenvalue weighted by atomic mass is 79.9. The lowest BCUT2D eigenvalue weighted by molar-refractivity contribution is -0.117. The molecule has 0 bridgehead atoms. The second-order valence-electron chi connectivity index (χ2n) is 3.47. The average Bonchev–Trinajstić information content (AvgIpc) is 2.60. The van der Waals surface area contributed by atoms with Crippen molar-refractivity contribution in [1.82, 2.24) is 9.97 Å². The van der Waals surface area contributed by atoms with Gasteiger partial charge in [-0.25, -0.2) is 4.98 Å². The molecule has 1 aromatic rings. The van der Waals surface area contributed by atoms with Crippen molar-refractivity contribution in [2.24, 2.45) is 5.92 Å². The Morgan fingerprint density at radius 1 is 1.60 bits per heavy atom. The summed E-state index contributed by atoms with van der Waals surface area (Å²) in [4.78, 5) is 30.9. The van der Waals surface area contributed by atoms with Gasteiger partial charge >= 0.3 is 0 Å². The van der Waals surface area contributed by atoms with Gasteiger partial charge in [-0.1, -0.05) is 15.9 Å². The van der Waals surface area contributed by atoms with Gasteiger partial charge in [-0.15, -0.1) is 0 Å². The number of carbonyl (C=O) groups is 1. The number of alkyl halides is 1. The van der Waals surface area contributed by atoms with Crippen molar-refractivity contribution in [2.75, 3.05) is 16.8 Å². The van der Waals surface area contributed by atoms with E-state index < -0.39 is 0 Å². The minimum absolute atomic E-state index is 0.0383. The van der Waals surface area contributed by atoms with E-state index >= 15 is 0 Å². The van der Waals surface area contributed by atoms with E-state index in [9.17, 15) is 9.59 Å². The van der Waals surface area contributed by atoms with Gasteiger partial charge in [-0.05, 0) is 5.92 Å². The number of carbonyl (C=O) groups excluding carboxylic acids is 1. The first-order valence-electron chi connectivity index (χ1n) is 4.62. The van der Waals surface area contributed by atoms with E-state index in [0.717, 1.165) is 5.33 Å². The van der Waals surface area contributed by atoms with Crippen LogP contribution in [0.25, 0.3) is 0 Å². The molecule has 1 aromatic heterocycles. The maximum Gasteiger partial charge on any atom is 0.291 e. The van der Waals surface area contributed by atoms with E-state index in [1.807, 2.05) is 0 Å². The summed E-state index contributed by atoms with van der Waals surface area (Å²) < 4.78 is 0. The third kappa shape index (κ3) is 1.94. The number of H-pyrrole nitrogens is 1. The normalized spacial score (nSPS) is 21.0. The Morgan fingerprint density at radius 3 is 3.00 bits per heavy atom. The lowest BCUT2D eigenvalue weighted by Crippen LogP contribution is -2.31. The van der Waals surface area contributed by atoms with Crippen LogP contribution in [0.4, 0.5) is 5.82 Å². The van der Waals surface area contributed by atoms with Gasteiger partial charge in [0.1, 0.15) is 0 Å². The number of anilines is 1. The minimum atomic E-state index is -0.318. The number of nitrogens with one attached hydrogen (secondary N) is 1. The minimum Gasteiger partial charge on any atom is -0.324 e. The van der Waals surface area contributed by atoms with Gasteiger partial charge in [0.15, 0.2) is 0 Å². The molecule has 6 heteroatoms. The maximum absolute atomic E-state index is 11.6. The molecule has 1 fully saturated rings. The fraction of sp³-hybridized carbons (Fsp3) is 0.444. The summed E-state index contributed by atoms with van der Waals surface area (Å²) in [5, 5.41) is 0.764. The van der Waals surface area contributed by atoms with Gasteiger partial charge < -0.3 is 4.98 Å². The average molecular weight is 272 g/mol. The van der Waals surface area contributed by atoms with Gasteiger partial charge in [0.05, 0.1) is 0 Å². The number of aromatic nitrogens is 2. The second kappa shape index (κ2) is 4.14. The summed E-state index contributed by atoms with van der Waals surface area (Å²) in [6.07, 6.45) is 3.40. The molecule has 2 heterocycles. The Bertz CT molecular complexity index is 431. The summed E-state index contributed by atoms with van der Waals surface area (Å²) in [5.74, 6) is 0.425. The number of rotatable bonds is 2. The Balaban J connectivity index is 2.29. The standard InChI is InChI=1S/C9H10BrN3O2/c10-4-6-3-7(14)13(5-6)8-9(15)12-2-1-11-8/h1-2,6H,3-5H2,(H,12,15). The molecule has 1 N–H and O–H groups in total. The van der Waals surface area contributed by atoms with Crippen molar-refractivity contribution in [3.8, 4) is 0 Å². The molecule has 0 aliphatic carbocycles. The molecule has 1 atom stereocenters. The monoisotopic (exact) mass is 271 g/mol. The van der Waals surface area contributed by atoms with Crippen molar-refractivity contribution in [3.63, 3.8) is 0 Å². The van der Waals surface area contributed by atoms with Gasteiger partial charge in [0.25, 0.3) is 5.56 Å². The number of aromatic amines is 1. The van der Waals surface area contributed by atoms with Crippen molar-refractivity contribution in [3.05, 3.63) is 22.7 Å². The van der Waals surface area contributed by atoms with Gasteiger partial charge in [0, 0.05) is 30.7 Å². The predicted molar refractivity (Wildman–Crippen MR) is 59.1 cm³/mol. The zero-order chi connectivity index (χ0) is 10.8. The van der Waals surface area contributed by atoms with E-state index in [1.165, 1.54) is 17.3 Å². The van der Waals surface area contributed by atoms with Crippen LogP contribution in [0.15, 0.2) is 17.2 Å². The molecule has 0 saturated carbocycles. The Labute approximate surface area is 94.6 Å². The number of amides is 1. The molecule has 1 amide bonds. The molecular weight excluding hydrogens is 262 g/mol. The predicted octanol–water partition coefficient (Wildman–Crippen LogP) is 0.518. The van der Waals surface area contributed by atoms with E-state index in [1.54, 1.807) is 0 Å². The van der Waals surface area contributed by atoms with Crippen LogP contribution in [0.1, 0.15) is 6.42 Å². The molecule has 2 rings (SSSR count). The molecule has 0 radical (unpaired) electrons. The highest BCUT2D eigenvalue weighted by Gasteiger charge is 2.31. The molecule has 1 unspecified atom stereocenters. The van der Waals surface area contributed by atoms with Crippen LogP contribution in [-0.2, 0) is 4.79 Å². The molecule has 1 aliphatic heterocycles. The van der Waals surface area contributed by atoms with Gasteiger partial charge in [-0.2, -0.15) is 0 Å². The second-order valence-corrected chi connectivity index (χ2v) is 4.12. The maximum atomic E-state index is 11.6. The van der Waals surface area contributed by atoms with Crippen LogP contribution in [0.5, 0.6) is 0 Å². The quantitative estimate of drug-likeness (QED) is 0.798. The molecule has 0 aromatic carbocycles. The van der Waals surface area contributed by atoms with E-state index in [0.29, 0.717) is 13.0 Å². The lowest BCUT2D eigenvalue weighted by Gasteiger charge is -2.13. The SMILES string of the molecule is O=C1CC(CBr)CN1c1ncc[nH]c1=O. The lowest BCUT2D eigenvalue weighted by atomic mass is 10.2. The topological polar surface area (TPSA) is 66.1 Å². The number of hydrogen-bond donors (Lipinski definition) is 1. The third-order valence-corrected chi connectivity index (χ3v) is 3.28. The van der Waals surface area contributed by atoms with Crippen molar-refractivity contribution in [2.45, 2.75) is 6.42 Å². The van der Waals surface area contributed by atoms with E-state index in [4.69, 9.17) is 0 Å². The third-order valence-electron chi connectivity index (χ3n) is 2.37.